The van der Waals surface area contributed by atoms with Gasteiger partial charge in [0.15, 0.2) is 0 Å². The first kappa shape index (κ1) is 13.2. The van der Waals surface area contributed by atoms with Gasteiger partial charge in [-0.05, 0) is 31.5 Å². The number of thiazole rings is 1. The molecule has 1 aromatic heterocycles. The lowest BCUT2D eigenvalue weighted by molar-refractivity contribution is 0.920. The fourth-order valence-corrected chi connectivity index (χ4v) is 2.87. The first-order valence-corrected chi connectivity index (χ1v) is 6.90. The van der Waals surface area contributed by atoms with E-state index in [-0.39, 0.29) is 0 Å². The maximum Gasteiger partial charge on any atom is 0.0798 e. The van der Waals surface area contributed by atoms with E-state index in [1.807, 2.05) is 38.5 Å². The maximum absolute atomic E-state index is 6.08. The quantitative estimate of drug-likeness (QED) is 0.874. The smallest absolute Gasteiger partial charge is 0.0798 e. The molecule has 3 nitrogen and oxygen atoms in total. The van der Waals surface area contributed by atoms with E-state index in [0.717, 1.165) is 23.5 Å². The maximum atomic E-state index is 6.08. The van der Waals surface area contributed by atoms with Crippen LogP contribution in [0.15, 0.2) is 17.6 Å². The van der Waals surface area contributed by atoms with Crippen LogP contribution in [0.1, 0.15) is 16.1 Å². The average Bonchev–Trinajstić information content (AvgIpc) is 2.69. The number of nitrogen functional groups attached to an aromatic ring is 1. The lowest BCUT2D eigenvalue weighted by Crippen LogP contribution is -2.17. The Morgan fingerprint density at radius 3 is 2.72 bits per heavy atom. The summed E-state index contributed by atoms with van der Waals surface area (Å²) < 4.78 is 0. The number of hydrogen-bond acceptors (Lipinski definition) is 4. The third-order valence-electron chi connectivity index (χ3n) is 2.95. The Bertz CT molecular complexity index is 565. The van der Waals surface area contributed by atoms with Crippen molar-refractivity contribution in [1.29, 1.82) is 0 Å². The van der Waals surface area contributed by atoms with E-state index in [4.69, 9.17) is 17.3 Å². The second-order valence-electron chi connectivity index (χ2n) is 4.38. The summed E-state index contributed by atoms with van der Waals surface area (Å²) in [5.41, 5.74) is 11.6. The summed E-state index contributed by atoms with van der Waals surface area (Å²) >= 11 is 7.76. The van der Waals surface area contributed by atoms with Gasteiger partial charge in [-0.2, -0.15) is 0 Å². The van der Waals surface area contributed by atoms with Crippen molar-refractivity contribution in [3.8, 4) is 0 Å². The molecule has 1 heterocycles. The molecule has 0 amide bonds. The molecule has 96 valence electrons. The normalized spacial score (nSPS) is 10.7. The Morgan fingerprint density at radius 1 is 1.39 bits per heavy atom. The minimum Gasteiger partial charge on any atom is -0.398 e. The van der Waals surface area contributed by atoms with Crippen molar-refractivity contribution in [3.05, 3.63) is 38.8 Å². The second-order valence-corrected chi connectivity index (χ2v) is 5.72. The van der Waals surface area contributed by atoms with Crippen molar-refractivity contribution in [2.75, 3.05) is 17.7 Å². The molecule has 0 aliphatic rings. The van der Waals surface area contributed by atoms with Crippen molar-refractivity contribution in [2.45, 2.75) is 20.4 Å². The molecular weight excluding hydrogens is 266 g/mol. The first-order chi connectivity index (χ1) is 8.49. The van der Waals surface area contributed by atoms with Crippen LogP contribution in [0.3, 0.4) is 0 Å². The number of anilines is 2. The van der Waals surface area contributed by atoms with E-state index in [0.29, 0.717) is 10.7 Å². The lowest BCUT2D eigenvalue weighted by atomic mass is 10.1. The Balaban J connectivity index is 2.26. The zero-order chi connectivity index (χ0) is 13.3. The molecule has 0 aliphatic carbocycles. The number of nitrogens with zero attached hydrogens (tertiary/aromatic N) is 2. The SMILES string of the molecule is Cc1cc(N)c(Cl)cc1N(C)Cc1scnc1C. The molecule has 5 heteroatoms. The predicted molar refractivity (Wildman–Crippen MR) is 79.6 cm³/mol. The summed E-state index contributed by atoms with van der Waals surface area (Å²) in [6.45, 7) is 4.90. The molecule has 0 fully saturated rings. The van der Waals surface area contributed by atoms with E-state index in [1.54, 1.807) is 11.3 Å². The topological polar surface area (TPSA) is 42.1 Å². The van der Waals surface area contributed by atoms with Gasteiger partial charge in [0.2, 0.25) is 0 Å². The van der Waals surface area contributed by atoms with E-state index in [2.05, 4.69) is 9.88 Å². The number of aromatic nitrogens is 1. The molecule has 0 aliphatic heterocycles. The van der Waals surface area contributed by atoms with Gasteiger partial charge in [-0.15, -0.1) is 11.3 Å². The van der Waals surface area contributed by atoms with Crippen LogP contribution in [0.4, 0.5) is 11.4 Å². The minimum absolute atomic E-state index is 0.600. The van der Waals surface area contributed by atoms with Crippen LogP contribution < -0.4 is 10.6 Å². The molecule has 2 aromatic rings. The molecular formula is C13H16ClN3S. The van der Waals surface area contributed by atoms with Crippen LogP contribution in [0.2, 0.25) is 5.02 Å². The fraction of sp³-hybridized carbons (Fsp3) is 0.308. The van der Waals surface area contributed by atoms with Gasteiger partial charge in [0, 0.05) is 17.6 Å². The number of hydrogen-bond donors (Lipinski definition) is 1. The molecule has 0 spiro atoms. The monoisotopic (exact) mass is 281 g/mol. The number of benzene rings is 1. The zero-order valence-corrected chi connectivity index (χ0v) is 12.3. The summed E-state index contributed by atoms with van der Waals surface area (Å²) in [7, 11) is 2.05. The van der Waals surface area contributed by atoms with Gasteiger partial charge in [-0.25, -0.2) is 4.98 Å². The Labute approximate surface area is 116 Å². The van der Waals surface area contributed by atoms with Crippen LogP contribution >= 0.6 is 22.9 Å². The van der Waals surface area contributed by atoms with Crippen LogP contribution in [0.25, 0.3) is 0 Å². The van der Waals surface area contributed by atoms with Gasteiger partial charge < -0.3 is 10.6 Å². The first-order valence-electron chi connectivity index (χ1n) is 5.64. The van der Waals surface area contributed by atoms with E-state index in [1.165, 1.54) is 4.88 Å². The highest BCUT2D eigenvalue weighted by Crippen LogP contribution is 2.30. The second kappa shape index (κ2) is 5.16. The number of aryl methyl sites for hydroxylation is 2. The molecule has 1 aromatic carbocycles. The highest BCUT2D eigenvalue weighted by Gasteiger charge is 2.10. The number of halogens is 1. The van der Waals surface area contributed by atoms with Crippen molar-refractivity contribution >= 4 is 34.3 Å². The molecule has 0 saturated heterocycles. The van der Waals surface area contributed by atoms with Crippen LogP contribution in [-0.2, 0) is 6.54 Å². The van der Waals surface area contributed by atoms with Crippen LogP contribution in [0, 0.1) is 13.8 Å². The molecule has 0 saturated carbocycles. The lowest BCUT2D eigenvalue weighted by Gasteiger charge is -2.21. The van der Waals surface area contributed by atoms with Gasteiger partial charge >= 0.3 is 0 Å². The highest BCUT2D eigenvalue weighted by atomic mass is 35.5. The van der Waals surface area contributed by atoms with Crippen molar-refractivity contribution < 1.29 is 0 Å². The largest absolute Gasteiger partial charge is 0.398 e. The van der Waals surface area contributed by atoms with Gasteiger partial charge in [0.05, 0.1) is 28.5 Å². The molecule has 0 bridgehead atoms. The predicted octanol–water partition coefficient (Wildman–Crippen LogP) is 3.63. The van der Waals surface area contributed by atoms with E-state index >= 15 is 0 Å². The molecule has 2 rings (SSSR count). The average molecular weight is 282 g/mol. The van der Waals surface area contributed by atoms with E-state index in [9.17, 15) is 0 Å². The zero-order valence-electron chi connectivity index (χ0n) is 10.7. The number of nitrogens with two attached hydrogens (primary N) is 1. The third-order valence-corrected chi connectivity index (χ3v) is 4.20. The molecule has 2 N–H and O–H groups in total. The van der Waals surface area contributed by atoms with Gasteiger partial charge in [0.1, 0.15) is 0 Å². The van der Waals surface area contributed by atoms with Crippen LogP contribution in [0.5, 0.6) is 0 Å². The summed E-state index contributed by atoms with van der Waals surface area (Å²) in [4.78, 5) is 7.70. The van der Waals surface area contributed by atoms with Crippen molar-refractivity contribution in [2.24, 2.45) is 0 Å². The molecule has 0 atom stereocenters. The standard InChI is InChI=1S/C13H16ClN3S/c1-8-4-11(15)10(14)5-12(8)17(3)6-13-9(2)16-7-18-13/h4-5,7H,6,15H2,1-3H3. The van der Waals surface area contributed by atoms with Gasteiger partial charge in [-0.3, -0.25) is 0 Å². The fourth-order valence-electron chi connectivity index (χ4n) is 1.88. The molecule has 0 radical (unpaired) electrons. The Hall–Kier alpha value is -1.26. The Kier molecular flexibility index (Phi) is 3.78. The minimum atomic E-state index is 0.600. The third kappa shape index (κ3) is 2.60. The van der Waals surface area contributed by atoms with Crippen molar-refractivity contribution in [3.63, 3.8) is 0 Å². The Morgan fingerprint density at radius 2 is 2.11 bits per heavy atom. The summed E-state index contributed by atoms with van der Waals surface area (Å²) in [5, 5.41) is 0.600. The highest BCUT2D eigenvalue weighted by molar-refractivity contribution is 7.09. The molecule has 18 heavy (non-hydrogen) atoms. The summed E-state index contributed by atoms with van der Waals surface area (Å²) in [6.07, 6.45) is 0. The van der Waals surface area contributed by atoms with Crippen LogP contribution in [-0.4, -0.2) is 12.0 Å². The summed E-state index contributed by atoms with van der Waals surface area (Å²) in [5.74, 6) is 0. The van der Waals surface area contributed by atoms with Gasteiger partial charge in [-0.1, -0.05) is 11.6 Å². The van der Waals surface area contributed by atoms with Crippen molar-refractivity contribution in [1.82, 2.24) is 4.98 Å². The molecule has 0 unspecified atom stereocenters. The number of rotatable bonds is 3. The summed E-state index contributed by atoms with van der Waals surface area (Å²) in [6, 6.07) is 3.83. The van der Waals surface area contributed by atoms with Gasteiger partial charge in [0.25, 0.3) is 0 Å². The van der Waals surface area contributed by atoms with E-state index < -0.39 is 0 Å².